The summed E-state index contributed by atoms with van der Waals surface area (Å²) >= 11 is 1.85. The summed E-state index contributed by atoms with van der Waals surface area (Å²) < 4.78 is 2.58. The first-order chi connectivity index (χ1) is 19.6. The molecule has 0 amide bonds. The van der Waals surface area contributed by atoms with Crippen molar-refractivity contribution >= 4 is 31.5 Å². The molecule has 2 aromatic heterocycles. The van der Waals surface area contributed by atoms with E-state index in [2.05, 4.69) is 135 Å². The van der Waals surface area contributed by atoms with E-state index in [0.717, 1.165) is 28.3 Å². The Bertz CT molecular complexity index is 2090. The van der Waals surface area contributed by atoms with Gasteiger partial charge in [0.15, 0.2) is 5.82 Å². The lowest BCUT2D eigenvalue weighted by molar-refractivity contribution is 0.658. The number of benzene rings is 5. The number of fused-ring (bicyclic) bond motifs is 6. The fourth-order valence-corrected chi connectivity index (χ4v) is 7.56. The molecule has 8 rings (SSSR count). The van der Waals surface area contributed by atoms with E-state index in [0.29, 0.717) is 0 Å². The van der Waals surface area contributed by atoms with Crippen molar-refractivity contribution in [2.45, 2.75) is 19.3 Å². The molecule has 40 heavy (non-hydrogen) atoms. The fraction of sp³-hybridized carbons (Fsp3) is 0.0811. The summed E-state index contributed by atoms with van der Waals surface area (Å²) in [4.78, 5) is 10.7. The van der Waals surface area contributed by atoms with Crippen LogP contribution in [-0.4, -0.2) is 9.97 Å². The van der Waals surface area contributed by atoms with Gasteiger partial charge in [0.1, 0.15) is 0 Å². The Balaban J connectivity index is 1.44. The number of thiophene rings is 1. The highest BCUT2D eigenvalue weighted by atomic mass is 32.1. The first-order valence-electron chi connectivity index (χ1n) is 13.7. The van der Waals surface area contributed by atoms with Crippen molar-refractivity contribution in [3.63, 3.8) is 0 Å². The average molecular weight is 531 g/mol. The second-order valence-electron chi connectivity index (χ2n) is 11.0. The van der Waals surface area contributed by atoms with Gasteiger partial charge < -0.3 is 0 Å². The van der Waals surface area contributed by atoms with Crippen LogP contribution >= 0.6 is 11.3 Å². The van der Waals surface area contributed by atoms with Crippen LogP contribution < -0.4 is 0 Å². The van der Waals surface area contributed by atoms with Gasteiger partial charge in [-0.1, -0.05) is 123 Å². The predicted octanol–water partition coefficient (Wildman–Crippen LogP) is 10.2. The summed E-state index contributed by atoms with van der Waals surface area (Å²) in [5.74, 6) is 0.761. The SMILES string of the molecule is CC1(C)c2ccccc2-c2nc(-c3cccc(-c4ccccc4)c3)nc(-c3cccc4c3sc3ccccc34)c21. The van der Waals surface area contributed by atoms with E-state index in [1.807, 2.05) is 11.3 Å². The van der Waals surface area contributed by atoms with Crippen molar-refractivity contribution in [1.82, 2.24) is 9.97 Å². The second-order valence-corrected chi connectivity index (χ2v) is 12.1. The van der Waals surface area contributed by atoms with Gasteiger partial charge in [0.2, 0.25) is 0 Å². The number of aromatic nitrogens is 2. The summed E-state index contributed by atoms with van der Waals surface area (Å²) in [5, 5.41) is 2.58. The highest BCUT2D eigenvalue weighted by Gasteiger charge is 2.40. The highest BCUT2D eigenvalue weighted by Crippen LogP contribution is 2.52. The minimum atomic E-state index is -0.218. The van der Waals surface area contributed by atoms with Crippen LogP contribution in [0.4, 0.5) is 0 Å². The molecule has 0 atom stereocenters. The van der Waals surface area contributed by atoms with Crippen molar-refractivity contribution in [3.8, 4) is 45.0 Å². The molecule has 1 aliphatic rings. The number of rotatable bonds is 3. The van der Waals surface area contributed by atoms with Gasteiger partial charge in [-0.25, -0.2) is 9.97 Å². The smallest absolute Gasteiger partial charge is 0.160 e. The maximum absolute atomic E-state index is 5.41. The molecule has 0 bridgehead atoms. The van der Waals surface area contributed by atoms with Crippen LogP contribution in [0.2, 0.25) is 0 Å². The molecule has 190 valence electrons. The molecule has 0 N–H and O–H groups in total. The molecule has 0 saturated carbocycles. The van der Waals surface area contributed by atoms with Crippen LogP contribution in [0.3, 0.4) is 0 Å². The Kier molecular flexibility index (Phi) is 5.07. The molecule has 0 aliphatic heterocycles. The normalized spacial score (nSPS) is 13.4. The van der Waals surface area contributed by atoms with E-state index in [4.69, 9.17) is 9.97 Å². The van der Waals surface area contributed by atoms with Crippen molar-refractivity contribution in [2.75, 3.05) is 0 Å². The number of nitrogens with zero attached hydrogens (tertiary/aromatic N) is 2. The summed E-state index contributed by atoms with van der Waals surface area (Å²) in [7, 11) is 0. The van der Waals surface area contributed by atoms with Crippen molar-refractivity contribution in [1.29, 1.82) is 0 Å². The van der Waals surface area contributed by atoms with Gasteiger partial charge in [0.25, 0.3) is 0 Å². The number of hydrogen-bond donors (Lipinski definition) is 0. The van der Waals surface area contributed by atoms with E-state index >= 15 is 0 Å². The summed E-state index contributed by atoms with van der Waals surface area (Å²) in [6.45, 7) is 4.62. The van der Waals surface area contributed by atoms with Crippen LogP contribution in [-0.2, 0) is 5.41 Å². The minimum Gasteiger partial charge on any atom is -0.228 e. The van der Waals surface area contributed by atoms with Gasteiger partial charge in [-0.2, -0.15) is 0 Å². The lowest BCUT2D eigenvalue weighted by atomic mass is 9.80. The minimum absolute atomic E-state index is 0.218. The summed E-state index contributed by atoms with van der Waals surface area (Å²) in [6, 6.07) is 43.2. The van der Waals surface area contributed by atoms with Crippen LogP contribution in [0.25, 0.3) is 65.2 Å². The Morgan fingerprint density at radius 2 is 1.18 bits per heavy atom. The van der Waals surface area contributed by atoms with Gasteiger partial charge in [0.05, 0.1) is 11.4 Å². The van der Waals surface area contributed by atoms with Crippen LogP contribution in [0, 0.1) is 0 Å². The van der Waals surface area contributed by atoms with Gasteiger partial charge >= 0.3 is 0 Å². The first kappa shape index (κ1) is 23.3. The van der Waals surface area contributed by atoms with Gasteiger partial charge in [-0.15, -0.1) is 11.3 Å². The molecule has 0 radical (unpaired) electrons. The highest BCUT2D eigenvalue weighted by molar-refractivity contribution is 7.26. The number of hydrogen-bond acceptors (Lipinski definition) is 3. The standard InChI is InChI=1S/C37H26N2S/c1-37(2)30-20-8-6-17-28(30)33-32(37)34(29-19-11-18-27-26-16-7-9-21-31(26)40-35(27)29)39-36(38-33)25-15-10-14-24(22-25)23-12-4-3-5-13-23/h3-22H,1-2H3. The monoisotopic (exact) mass is 530 g/mol. The fourth-order valence-electron chi connectivity index (χ4n) is 6.34. The van der Waals surface area contributed by atoms with Crippen molar-refractivity contribution in [3.05, 3.63) is 132 Å². The zero-order valence-electron chi connectivity index (χ0n) is 22.3. The Hall–Kier alpha value is -4.60. The topological polar surface area (TPSA) is 25.8 Å². The molecule has 7 aromatic rings. The zero-order chi connectivity index (χ0) is 26.8. The molecule has 3 heteroatoms. The quantitative estimate of drug-likeness (QED) is 0.227. The third kappa shape index (κ3) is 3.41. The van der Waals surface area contributed by atoms with E-state index in [-0.39, 0.29) is 5.41 Å². The maximum atomic E-state index is 5.41. The Morgan fingerprint density at radius 1 is 0.550 bits per heavy atom. The molecular formula is C37H26N2S. The van der Waals surface area contributed by atoms with E-state index in [9.17, 15) is 0 Å². The van der Waals surface area contributed by atoms with Gasteiger partial charge in [0, 0.05) is 47.8 Å². The molecule has 0 unspecified atom stereocenters. The van der Waals surface area contributed by atoms with Crippen molar-refractivity contribution < 1.29 is 0 Å². The Labute approximate surface area is 237 Å². The van der Waals surface area contributed by atoms with Crippen LogP contribution in [0.1, 0.15) is 25.0 Å². The van der Waals surface area contributed by atoms with Crippen molar-refractivity contribution in [2.24, 2.45) is 0 Å². The molecule has 0 saturated heterocycles. The van der Waals surface area contributed by atoms with E-state index in [1.165, 1.54) is 48.0 Å². The molecule has 0 spiro atoms. The predicted molar refractivity (Wildman–Crippen MR) is 169 cm³/mol. The Morgan fingerprint density at radius 3 is 2.05 bits per heavy atom. The molecule has 0 fully saturated rings. The summed E-state index contributed by atoms with van der Waals surface area (Å²) in [6.07, 6.45) is 0. The molecule has 2 nitrogen and oxygen atoms in total. The lowest BCUT2D eigenvalue weighted by Gasteiger charge is -2.24. The molecule has 5 aromatic carbocycles. The van der Waals surface area contributed by atoms with Crippen LogP contribution in [0.5, 0.6) is 0 Å². The van der Waals surface area contributed by atoms with Gasteiger partial charge in [-0.05, 0) is 28.8 Å². The second kappa shape index (κ2) is 8.70. The average Bonchev–Trinajstić information content (AvgIpc) is 3.50. The van der Waals surface area contributed by atoms with E-state index in [1.54, 1.807) is 0 Å². The third-order valence-corrected chi connectivity index (χ3v) is 9.50. The van der Waals surface area contributed by atoms with Crippen LogP contribution in [0.15, 0.2) is 121 Å². The molecule has 2 heterocycles. The molecular weight excluding hydrogens is 504 g/mol. The third-order valence-electron chi connectivity index (χ3n) is 8.28. The maximum Gasteiger partial charge on any atom is 0.160 e. The zero-order valence-corrected chi connectivity index (χ0v) is 23.2. The lowest BCUT2D eigenvalue weighted by Crippen LogP contribution is -2.17. The van der Waals surface area contributed by atoms with E-state index < -0.39 is 0 Å². The summed E-state index contributed by atoms with van der Waals surface area (Å²) in [5.41, 5.74) is 10.1. The first-order valence-corrected chi connectivity index (χ1v) is 14.5. The van der Waals surface area contributed by atoms with Gasteiger partial charge in [-0.3, -0.25) is 0 Å². The molecule has 1 aliphatic carbocycles. The largest absolute Gasteiger partial charge is 0.228 e.